The molecule has 0 unspecified atom stereocenters. The molecule has 0 saturated carbocycles. The van der Waals surface area contributed by atoms with Crippen molar-refractivity contribution in [3.05, 3.63) is 59.7 Å². The van der Waals surface area contributed by atoms with Crippen LogP contribution in [-0.2, 0) is 20.7 Å². The van der Waals surface area contributed by atoms with Gasteiger partial charge in [0.2, 0.25) is 12.2 Å². The first-order chi connectivity index (χ1) is 17.1. The molecule has 0 fully saturated rings. The van der Waals surface area contributed by atoms with Crippen LogP contribution in [-0.4, -0.2) is 72.2 Å². The molecule has 9 nitrogen and oxygen atoms in total. The van der Waals surface area contributed by atoms with Crippen LogP contribution in [0.5, 0.6) is 0 Å². The van der Waals surface area contributed by atoms with Crippen molar-refractivity contribution in [2.75, 3.05) is 39.6 Å². The minimum absolute atomic E-state index is 0.194. The van der Waals surface area contributed by atoms with E-state index in [1.165, 1.54) is 12.2 Å². The number of ether oxygens (including phenoxy) is 1. The van der Waals surface area contributed by atoms with Gasteiger partial charge in [-0.05, 0) is 73.9 Å². The van der Waals surface area contributed by atoms with Gasteiger partial charge < -0.3 is 25.2 Å². The highest BCUT2D eigenvalue weighted by molar-refractivity contribution is 5.51. The number of benzene rings is 2. The fraction of sp³-hybridized carbons (Fsp3) is 0.462. The van der Waals surface area contributed by atoms with Crippen LogP contribution in [0.15, 0.2) is 58.5 Å². The fourth-order valence-corrected chi connectivity index (χ4v) is 2.53. The summed E-state index contributed by atoms with van der Waals surface area (Å²) in [5.41, 5.74) is 3.40. The summed E-state index contributed by atoms with van der Waals surface area (Å²) in [5.74, 6) is 0. The average molecular weight is 489 g/mol. The molecule has 0 spiro atoms. The van der Waals surface area contributed by atoms with Crippen LogP contribution < -0.4 is 0 Å². The molecule has 2 rings (SSSR count). The SMILES string of the molecule is O=C=Nc1ccc(Cc2ccc(N=C=O)cc2)cc1.OCCCCO.OCCCCOCCCO. The number of aliphatic hydroxyl groups excluding tert-OH is 4. The molecule has 0 radical (unpaired) electrons. The molecule has 4 N–H and O–H groups in total. The quantitative estimate of drug-likeness (QED) is 0.181. The van der Waals surface area contributed by atoms with E-state index in [0.717, 1.165) is 43.2 Å². The van der Waals surface area contributed by atoms with Crippen molar-refractivity contribution in [3.63, 3.8) is 0 Å². The third-order valence-corrected chi connectivity index (χ3v) is 4.34. The van der Waals surface area contributed by atoms with Gasteiger partial charge in [0.05, 0.1) is 11.4 Å². The number of hydrogen-bond acceptors (Lipinski definition) is 9. The lowest BCUT2D eigenvalue weighted by Gasteiger charge is -2.02. The van der Waals surface area contributed by atoms with Crippen LogP contribution in [0.2, 0.25) is 0 Å². The summed E-state index contributed by atoms with van der Waals surface area (Å²) in [6, 6.07) is 14.7. The normalized spacial score (nSPS) is 9.49. The molecule has 0 aliphatic carbocycles. The first-order valence-electron chi connectivity index (χ1n) is 11.5. The maximum atomic E-state index is 10.1. The fourth-order valence-electron chi connectivity index (χ4n) is 2.53. The van der Waals surface area contributed by atoms with E-state index in [2.05, 4.69) is 9.98 Å². The van der Waals surface area contributed by atoms with Gasteiger partial charge in [-0.15, -0.1) is 0 Å². The van der Waals surface area contributed by atoms with Crippen LogP contribution in [0.3, 0.4) is 0 Å². The van der Waals surface area contributed by atoms with Gasteiger partial charge in [0, 0.05) is 39.6 Å². The molecule has 2 aromatic carbocycles. The molecule has 2 aromatic rings. The molecule has 0 aliphatic rings. The van der Waals surface area contributed by atoms with Crippen molar-refractivity contribution in [2.24, 2.45) is 9.98 Å². The highest BCUT2D eigenvalue weighted by Crippen LogP contribution is 2.17. The van der Waals surface area contributed by atoms with Gasteiger partial charge >= 0.3 is 0 Å². The molecular formula is C26H36N2O7. The van der Waals surface area contributed by atoms with E-state index in [0.29, 0.717) is 31.0 Å². The highest BCUT2D eigenvalue weighted by Gasteiger charge is 1.98. The van der Waals surface area contributed by atoms with Crippen LogP contribution in [0.1, 0.15) is 43.2 Å². The van der Waals surface area contributed by atoms with Crippen LogP contribution >= 0.6 is 0 Å². The monoisotopic (exact) mass is 488 g/mol. The summed E-state index contributed by atoms with van der Waals surface area (Å²) < 4.78 is 5.11. The van der Waals surface area contributed by atoms with Crippen molar-refractivity contribution < 1.29 is 34.8 Å². The Morgan fingerprint density at radius 3 is 1.31 bits per heavy atom. The predicted octanol–water partition coefficient (Wildman–Crippen LogP) is 3.12. The largest absolute Gasteiger partial charge is 0.396 e. The molecule has 0 amide bonds. The molecular weight excluding hydrogens is 452 g/mol. The maximum Gasteiger partial charge on any atom is 0.240 e. The number of aliphatic hydroxyl groups is 4. The molecule has 35 heavy (non-hydrogen) atoms. The second-order valence-electron chi connectivity index (χ2n) is 7.19. The number of nitrogens with zero attached hydrogens (tertiary/aromatic N) is 2. The second kappa shape index (κ2) is 24.1. The van der Waals surface area contributed by atoms with E-state index < -0.39 is 0 Å². The molecule has 0 aliphatic heterocycles. The molecule has 0 atom stereocenters. The lowest BCUT2D eigenvalue weighted by atomic mass is 10.0. The van der Waals surface area contributed by atoms with Gasteiger partial charge in [0.25, 0.3) is 0 Å². The second-order valence-corrected chi connectivity index (χ2v) is 7.19. The maximum absolute atomic E-state index is 10.1. The van der Waals surface area contributed by atoms with E-state index in [9.17, 15) is 9.59 Å². The summed E-state index contributed by atoms with van der Waals surface area (Å²) in [5, 5.41) is 32.9. The first kappa shape index (κ1) is 32.0. The zero-order valence-corrected chi connectivity index (χ0v) is 20.0. The van der Waals surface area contributed by atoms with Gasteiger partial charge in [0.15, 0.2) is 0 Å². The number of carbonyl (C=O) groups excluding carboxylic acids is 2. The van der Waals surface area contributed by atoms with Crippen LogP contribution in [0.4, 0.5) is 11.4 Å². The average Bonchev–Trinajstić information content (AvgIpc) is 2.88. The van der Waals surface area contributed by atoms with Crippen molar-refractivity contribution >= 4 is 23.5 Å². The third kappa shape index (κ3) is 19.0. The molecule has 0 aromatic heterocycles. The summed E-state index contributed by atoms with van der Waals surface area (Å²) >= 11 is 0. The first-order valence-corrected chi connectivity index (χ1v) is 11.5. The molecule has 0 bridgehead atoms. The summed E-state index contributed by atoms with van der Waals surface area (Å²) in [6.45, 7) is 2.15. The number of hydrogen-bond donors (Lipinski definition) is 4. The van der Waals surface area contributed by atoms with Gasteiger partial charge in [-0.2, -0.15) is 9.98 Å². The Bertz CT molecular complexity index is 774. The van der Waals surface area contributed by atoms with E-state index in [1.54, 1.807) is 24.3 Å². The van der Waals surface area contributed by atoms with E-state index in [1.807, 2.05) is 24.3 Å². The van der Waals surface area contributed by atoms with Gasteiger partial charge in [-0.3, -0.25) is 0 Å². The number of unbranched alkanes of at least 4 members (excludes halogenated alkanes) is 2. The van der Waals surface area contributed by atoms with E-state index >= 15 is 0 Å². The Labute approximate surface area is 206 Å². The molecule has 192 valence electrons. The summed E-state index contributed by atoms with van der Waals surface area (Å²) in [6.07, 6.45) is 7.62. The zero-order chi connectivity index (χ0) is 26.0. The minimum Gasteiger partial charge on any atom is -0.396 e. The number of rotatable bonds is 14. The summed E-state index contributed by atoms with van der Waals surface area (Å²) in [7, 11) is 0. The third-order valence-electron chi connectivity index (χ3n) is 4.34. The number of isocyanates is 2. The van der Waals surface area contributed by atoms with Crippen molar-refractivity contribution in [1.29, 1.82) is 0 Å². The molecule has 9 heteroatoms. The minimum atomic E-state index is 0.194. The van der Waals surface area contributed by atoms with Crippen molar-refractivity contribution in [3.8, 4) is 0 Å². The molecule has 0 heterocycles. The highest BCUT2D eigenvalue weighted by atomic mass is 16.5. The predicted molar refractivity (Wildman–Crippen MR) is 134 cm³/mol. The van der Waals surface area contributed by atoms with Crippen LogP contribution in [0, 0.1) is 0 Å². The Morgan fingerprint density at radius 1 is 0.571 bits per heavy atom. The Morgan fingerprint density at radius 2 is 0.943 bits per heavy atom. The van der Waals surface area contributed by atoms with Crippen molar-refractivity contribution in [1.82, 2.24) is 0 Å². The number of aliphatic imine (C=N–C) groups is 2. The summed E-state index contributed by atoms with van der Waals surface area (Å²) in [4.78, 5) is 27.3. The van der Waals surface area contributed by atoms with Gasteiger partial charge in [0.1, 0.15) is 0 Å². The standard InChI is InChI=1S/C15H10N2O2.C7H16O3.C4H10O2/c18-10-16-14-5-1-12(2-6-14)9-13-3-7-15(8-4-13)17-11-19;8-4-1-2-6-10-7-3-5-9;5-3-1-2-4-6/h1-8H,9H2;8-9H,1-7H2;5-6H,1-4H2. The van der Waals surface area contributed by atoms with Gasteiger partial charge in [-0.1, -0.05) is 24.3 Å². The lowest BCUT2D eigenvalue weighted by molar-refractivity contribution is 0.109. The molecule has 0 saturated heterocycles. The lowest BCUT2D eigenvalue weighted by Crippen LogP contribution is -1.99. The Hall–Kier alpha value is -3.00. The van der Waals surface area contributed by atoms with Gasteiger partial charge in [-0.25, -0.2) is 9.59 Å². The zero-order valence-electron chi connectivity index (χ0n) is 20.0. The van der Waals surface area contributed by atoms with Crippen LogP contribution in [0.25, 0.3) is 0 Å². The van der Waals surface area contributed by atoms with E-state index in [-0.39, 0.29) is 26.4 Å². The Kier molecular flexibility index (Phi) is 22.1. The Balaban J connectivity index is 0.000000606. The van der Waals surface area contributed by atoms with Crippen molar-refractivity contribution in [2.45, 2.75) is 38.5 Å². The van der Waals surface area contributed by atoms with E-state index in [4.69, 9.17) is 25.2 Å². The smallest absolute Gasteiger partial charge is 0.240 e. The topological polar surface area (TPSA) is 149 Å².